The third kappa shape index (κ3) is 4.70. The Kier molecular flexibility index (Phi) is 4.88. The molecule has 0 radical (unpaired) electrons. The van der Waals surface area contributed by atoms with Gasteiger partial charge >= 0.3 is 0 Å². The quantitative estimate of drug-likeness (QED) is 0.528. The molecule has 1 atom stereocenters. The third-order valence-electron chi connectivity index (χ3n) is 2.12. The molecular formula is C10H17N3O3S. The van der Waals surface area contributed by atoms with E-state index in [2.05, 4.69) is 9.44 Å². The lowest BCUT2D eigenvalue weighted by Gasteiger charge is -2.12. The topological polar surface area (TPSA) is 104 Å². The van der Waals surface area contributed by atoms with Crippen molar-refractivity contribution in [1.82, 2.24) is 9.44 Å². The van der Waals surface area contributed by atoms with Gasteiger partial charge in [0, 0.05) is 18.8 Å². The van der Waals surface area contributed by atoms with E-state index < -0.39 is 16.3 Å². The van der Waals surface area contributed by atoms with E-state index in [1.807, 2.05) is 0 Å². The summed E-state index contributed by atoms with van der Waals surface area (Å²) >= 11 is 0. The first-order chi connectivity index (χ1) is 7.94. The van der Waals surface area contributed by atoms with Crippen molar-refractivity contribution in [2.24, 2.45) is 0 Å². The molecule has 1 unspecified atom stereocenters. The lowest BCUT2D eigenvalue weighted by molar-refractivity contribution is 0.182. The van der Waals surface area contributed by atoms with Gasteiger partial charge in [-0.05, 0) is 17.7 Å². The van der Waals surface area contributed by atoms with Crippen LogP contribution in [0.3, 0.4) is 0 Å². The molecule has 0 fully saturated rings. The number of benzene rings is 1. The van der Waals surface area contributed by atoms with Gasteiger partial charge in [0.2, 0.25) is 0 Å². The van der Waals surface area contributed by atoms with E-state index in [0.29, 0.717) is 17.8 Å². The molecule has 7 heteroatoms. The molecular weight excluding hydrogens is 242 g/mol. The number of aliphatic hydroxyl groups excluding tert-OH is 1. The molecule has 96 valence electrons. The van der Waals surface area contributed by atoms with E-state index in [0.717, 1.165) is 0 Å². The fraction of sp³-hybridized carbons (Fsp3) is 0.400. The monoisotopic (exact) mass is 259 g/mol. The molecule has 0 heterocycles. The maximum Gasteiger partial charge on any atom is 0.276 e. The maximum atomic E-state index is 11.3. The fourth-order valence-corrected chi connectivity index (χ4v) is 2.13. The SMILES string of the molecule is CCNS(=O)(=O)NCC(O)c1ccc(N)cc1. The van der Waals surface area contributed by atoms with Crippen LogP contribution in [0.25, 0.3) is 0 Å². The Morgan fingerprint density at radius 3 is 2.41 bits per heavy atom. The smallest absolute Gasteiger partial charge is 0.276 e. The summed E-state index contributed by atoms with van der Waals surface area (Å²) in [6, 6.07) is 6.61. The van der Waals surface area contributed by atoms with Crippen LogP contribution in [0.15, 0.2) is 24.3 Å². The highest BCUT2D eigenvalue weighted by Crippen LogP contribution is 2.13. The number of aliphatic hydroxyl groups is 1. The highest BCUT2D eigenvalue weighted by Gasteiger charge is 2.12. The minimum absolute atomic E-state index is 0.0841. The molecule has 1 aromatic rings. The van der Waals surface area contributed by atoms with Crippen molar-refractivity contribution in [3.63, 3.8) is 0 Å². The number of nitrogens with one attached hydrogen (secondary N) is 2. The van der Waals surface area contributed by atoms with Crippen LogP contribution in [0.5, 0.6) is 0 Å². The molecule has 0 aliphatic heterocycles. The fourth-order valence-electron chi connectivity index (χ4n) is 1.27. The normalized spacial score (nSPS) is 13.5. The van der Waals surface area contributed by atoms with E-state index in [4.69, 9.17) is 5.73 Å². The van der Waals surface area contributed by atoms with Crippen molar-refractivity contribution >= 4 is 15.9 Å². The van der Waals surface area contributed by atoms with Crippen LogP contribution in [0.4, 0.5) is 5.69 Å². The van der Waals surface area contributed by atoms with Crippen LogP contribution in [0.1, 0.15) is 18.6 Å². The van der Waals surface area contributed by atoms with Gasteiger partial charge in [-0.2, -0.15) is 13.1 Å². The minimum Gasteiger partial charge on any atom is -0.399 e. The molecule has 17 heavy (non-hydrogen) atoms. The first kappa shape index (κ1) is 13.9. The highest BCUT2D eigenvalue weighted by molar-refractivity contribution is 7.87. The molecule has 1 aromatic carbocycles. The summed E-state index contributed by atoms with van der Waals surface area (Å²) in [6.07, 6.45) is -0.899. The third-order valence-corrected chi connectivity index (χ3v) is 3.34. The molecule has 0 saturated carbocycles. The standard InChI is InChI=1S/C10H17N3O3S/c1-2-12-17(15,16)13-7-10(14)8-3-5-9(11)6-4-8/h3-6,10,12-14H,2,7,11H2,1H3. The highest BCUT2D eigenvalue weighted by atomic mass is 32.2. The molecule has 6 nitrogen and oxygen atoms in total. The van der Waals surface area contributed by atoms with Gasteiger partial charge in [-0.1, -0.05) is 19.1 Å². The summed E-state index contributed by atoms with van der Waals surface area (Å²) in [5.74, 6) is 0. The summed E-state index contributed by atoms with van der Waals surface area (Å²) in [6.45, 7) is 1.89. The lowest BCUT2D eigenvalue weighted by Crippen LogP contribution is -2.38. The summed E-state index contributed by atoms with van der Waals surface area (Å²) in [4.78, 5) is 0. The van der Waals surface area contributed by atoms with Crippen molar-refractivity contribution in [3.8, 4) is 0 Å². The zero-order valence-electron chi connectivity index (χ0n) is 9.55. The summed E-state index contributed by atoms with van der Waals surface area (Å²) in [5.41, 5.74) is 6.71. The average Bonchev–Trinajstić information content (AvgIpc) is 2.27. The number of anilines is 1. The number of nitrogens with two attached hydrogens (primary N) is 1. The predicted molar refractivity (Wildman–Crippen MR) is 66.4 cm³/mol. The zero-order valence-corrected chi connectivity index (χ0v) is 10.4. The van der Waals surface area contributed by atoms with Gasteiger partial charge in [0.15, 0.2) is 0 Å². The van der Waals surface area contributed by atoms with Crippen molar-refractivity contribution in [2.45, 2.75) is 13.0 Å². The number of rotatable bonds is 6. The second kappa shape index (κ2) is 5.97. The van der Waals surface area contributed by atoms with Crippen LogP contribution in [-0.4, -0.2) is 26.6 Å². The van der Waals surface area contributed by atoms with E-state index in [1.54, 1.807) is 31.2 Å². The number of hydrogen-bond donors (Lipinski definition) is 4. The van der Waals surface area contributed by atoms with E-state index in [1.165, 1.54) is 0 Å². The van der Waals surface area contributed by atoms with Gasteiger partial charge in [0.1, 0.15) is 0 Å². The van der Waals surface area contributed by atoms with Crippen molar-refractivity contribution in [2.75, 3.05) is 18.8 Å². The molecule has 0 aromatic heterocycles. The molecule has 0 aliphatic rings. The second-order valence-electron chi connectivity index (χ2n) is 3.53. The molecule has 5 N–H and O–H groups in total. The summed E-state index contributed by atoms with van der Waals surface area (Å²) < 4.78 is 27.1. The van der Waals surface area contributed by atoms with Gasteiger partial charge in [0.05, 0.1) is 6.10 Å². The van der Waals surface area contributed by atoms with Crippen LogP contribution in [0.2, 0.25) is 0 Å². The Morgan fingerprint density at radius 2 is 1.88 bits per heavy atom. The van der Waals surface area contributed by atoms with Gasteiger partial charge in [-0.3, -0.25) is 0 Å². The first-order valence-corrected chi connectivity index (χ1v) is 6.70. The summed E-state index contributed by atoms with van der Waals surface area (Å²) in [5, 5.41) is 9.75. The maximum absolute atomic E-state index is 11.3. The molecule has 0 amide bonds. The zero-order chi connectivity index (χ0) is 12.9. The van der Waals surface area contributed by atoms with Crippen molar-refractivity contribution in [3.05, 3.63) is 29.8 Å². The van der Waals surface area contributed by atoms with Crippen LogP contribution < -0.4 is 15.2 Å². The molecule has 0 saturated heterocycles. The molecule has 0 spiro atoms. The first-order valence-electron chi connectivity index (χ1n) is 5.22. The minimum atomic E-state index is -3.53. The number of nitrogen functional groups attached to an aromatic ring is 1. The predicted octanol–water partition coefficient (Wildman–Crippen LogP) is -0.254. The number of hydrogen-bond acceptors (Lipinski definition) is 4. The van der Waals surface area contributed by atoms with E-state index in [9.17, 15) is 13.5 Å². The second-order valence-corrected chi connectivity index (χ2v) is 5.12. The van der Waals surface area contributed by atoms with Gasteiger partial charge in [-0.15, -0.1) is 0 Å². The Bertz CT molecular complexity index is 444. The Morgan fingerprint density at radius 1 is 1.29 bits per heavy atom. The van der Waals surface area contributed by atoms with Gasteiger partial charge in [-0.25, -0.2) is 4.72 Å². The Hall–Kier alpha value is -1.15. The Labute approximate surface area is 101 Å². The molecule has 0 aliphatic carbocycles. The molecule has 0 bridgehead atoms. The molecule has 1 rings (SSSR count). The van der Waals surface area contributed by atoms with Crippen LogP contribution in [-0.2, 0) is 10.2 Å². The van der Waals surface area contributed by atoms with Gasteiger partial charge < -0.3 is 10.8 Å². The Balaban J connectivity index is 2.55. The van der Waals surface area contributed by atoms with Crippen LogP contribution in [0, 0.1) is 0 Å². The van der Waals surface area contributed by atoms with E-state index >= 15 is 0 Å². The summed E-state index contributed by atoms with van der Waals surface area (Å²) in [7, 11) is -3.53. The van der Waals surface area contributed by atoms with Crippen molar-refractivity contribution < 1.29 is 13.5 Å². The average molecular weight is 259 g/mol. The van der Waals surface area contributed by atoms with Gasteiger partial charge in [0.25, 0.3) is 10.2 Å². The van der Waals surface area contributed by atoms with Crippen LogP contribution >= 0.6 is 0 Å². The lowest BCUT2D eigenvalue weighted by atomic mass is 10.1. The largest absolute Gasteiger partial charge is 0.399 e. The van der Waals surface area contributed by atoms with Crippen molar-refractivity contribution in [1.29, 1.82) is 0 Å². The van der Waals surface area contributed by atoms with E-state index in [-0.39, 0.29) is 6.54 Å².